The molecule has 0 spiro atoms. The largest absolute Gasteiger partial charge is 0.255 e. The average Bonchev–Trinajstić information content (AvgIpc) is 2.59. The summed E-state index contributed by atoms with van der Waals surface area (Å²) >= 11 is 0. The lowest BCUT2D eigenvalue weighted by molar-refractivity contribution is -0.0102. The predicted molar refractivity (Wildman–Crippen MR) is 94.4 cm³/mol. The van der Waals surface area contributed by atoms with Crippen molar-refractivity contribution < 1.29 is 0 Å². The summed E-state index contributed by atoms with van der Waals surface area (Å²) in [6.07, 6.45) is 7.06. The van der Waals surface area contributed by atoms with Gasteiger partial charge in [-0.1, -0.05) is 45.7 Å². The van der Waals surface area contributed by atoms with Crippen molar-refractivity contribution in [2.24, 2.45) is 11.3 Å². The first-order chi connectivity index (χ1) is 11.1. The van der Waals surface area contributed by atoms with Crippen molar-refractivity contribution in [3.8, 4) is 11.4 Å². The van der Waals surface area contributed by atoms with Gasteiger partial charge >= 0.3 is 0 Å². The van der Waals surface area contributed by atoms with Gasteiger partial charge in [0.15, 0.2) is 0 Å². The standard InChI is InChI=1S/C21H26N2/c1-4-5-8-14-16-13-17(21(16,2)3)15-10-11-19(23-20(14)15)18-9-6-7-12-22-18/h6-7,9-12,14,16-17H,4-5,8,13H2,1-3H3/t14-,16+,17-/m1/s1. The second kappa shape index (κ2) is 5.43. The number of hydrogen-bond acceptors (Lipinski definition) is 2. The Labute approximate surface area is 139 Å². The van der Waals surface area contributed by atoms with Crippen molar-refractivity contribution in [1.82, 2.24) is 9.97 Å². The van der Waals surface area contributed by atoms with Crippen molar-refractivity contribution in [2.75, 3.05) is 0 Å². The van der Waals surface area contributed by atoms with Crippen LogP contribution in [0.25, 0.3) is 11.4 Å². The molecule has 2 heterocycles. The van der Waals surface area contributed by atoms with Crippen LogP contribution in [0.1, 0.15) is 69.5 Å². The molecule has 2 heteroatoms. The Morgan fingerprint density at radius 1 is 1.13 bits per heavy atom. The molecule has 0 radical (unpaired) electrons. The van der Waals surface area contributed by atoms with Crippen LogP contribution in [0.15, 0.2) is 36.5 Å². The zero-order valence-electron chi connectivity index (χ0n) is 14.4. The molecular weight excluding hydrogens is 280 g/mol. The molecule has 120 valence electrons. The quantitative estimate of drug-likeness (QED) is 0.739. The van der Waals surface area contributed by atoms with E-state index in [-0.39, 0.29) is 0 Å². The normalized spacial score (nSPS) is 27.2. The summed E-state index contributed by atoms with van der Waals surface area (Å²) < 4.78 is 0. The summed E-state index contributed by atoms with van der Waals surface area (Å²) in [6, 6.07) is 10.6. The van der Waals surface area contributed by atoms with Crippen LogP contribution in [0.3, 0.4) is 0 Å². The molecule has 2 bridgehead atoms. The Hall–Kier alpha value is -1.70. The van der Waals surface area contributed by atoms with Crippen LogP contribution in [0.5, 0.6) is 0 Å². The Bertz CT molecular complexity index is 705. The third kappa shape index (κ3) is 2.22. The Morgan fingerprint density at radius 3 is 2.70 bits per heavy atom. The number of unbranched alkanes of at least 4 members (excludes halogenated alkanes) is 1. The maximum Gasteiger partial charge on any atom is 0.0889 e. The first-order valence-electron chi connectivity index (χ1n) is 9.05. The van der Waals surface area contributed by atoms with Gasteiger partial charge in [-0.15, -0.1) is 0 Å². The minimum absolute atomic E-state index is 0.444. The van der Waals surface area contributed by atoms with E-state index < -0.39 is 0 Å². The highest BCUT2D eigenvalue weighted by molar-refractivity contribution is 5.56. The van der Waals surface area contributed by atoms with Gasteiger partial charge in [0.2, 0.25) is 0 Å². The molecule has 3 atom stereocenters. The van der Waals surface area contributed by atoms with Crippen LogP contribution in [0.4, 0.5) is 0 Å². The summed E-state index contributed by atoms with van der Waals surface area (Å²) in [4.78, 5) is 9.58. The van der Waals surface area contributed by atoms with Gasteiger partial charge < -0.3 is 0 Å². The van der Waals surface area contributed by atoms with E-state index in [1.165, 1.54) is 36.9 Å². The van der Waals surface area contributed by atoms with Crippen LogP contribution in [0, 0.1) is 11.3 Å². The minimum Gasteiger partial charge on any atom is -0.255 e. The van der Waals surface area contributed by atoms with Gasteiger partial charge in [0.1, 0.15) is 0 Å². The van der Waals surface area contributed by atoms with Crippen LogP contribution in [-0.4, -0.2) is 9.97 Å². The third-order valence-corrected chi connectivity index (χ3v) is 6.31. The summed E-state index contributed by atoms with van der Waals surface area (Å²) in [6.45, 7) is 7.21. The fourth-order valence-electron chi connectivity index (χ4n) is 4.86. The maximum absolute atomic E-state index is 5.10. The molecular formula is C21H26N2. The van der Waals surface area contributed by atoms with Crippen molar-refractivity contribution in [1.29, 1.82) is 0 Å². The molecule has 2 aromatic rings. The highest BCUT2D eigenvalue weighted by Gasteiger charge is 2.56. The third-order valence-electron chi connectivity index (χ3n) is 6.31. The monoisotopic (exact) mass is 306 g/mol. The smallest absolute Gasteiger partial charge is 0.0889 e. The van der Waals surface area contributed by atoms with Crippen LogP contribution >= 0.6 is 0 Å². The number of aromatic nitrogens is 2. The first-order valence-corrected chi connectivity index (χ1v) is 9.05. The molecule has 2 nitrogen and oxygen atoms in total. The zero-order valence-corrected chi connectivity index (χ0v) is 14.4. The highest BCUT2D eigenvalue weighted by Crippen LogP contribution is 2.67. The van der Waals surface area contributed by atoms with E-state index in [0.717, 1.165) is 17.3 Å². The highest BCUT2D eigenvalue weighted by atomic mass is 14.8. The molecule has 0 amide bonds. The number of rotatable bonds is 4. The second-order valence-corrected chi connectivity index (χ2v) is 7.85. The van der Waals surface area contributed by atoms with E-state index in [0.29, 0.717) is 17.3 Å². The molecule has 0 saturated heterocycles. The Balaban J connectivity index is 1.77. The SMILES string of the molecule is CCCC[C@H]1c2nc(-c3ccccn3)ccc2[C@H]2C[C@@H]1C2(C)C. The van der Waals surface area contributed by atoms with E-state index in [4.69, 9.17) is 4.98 Å². The lowest BCUT2D eigenvalue weighted by Gasteiger charge is -2.60. The van der Waals surface area contributed by atoms with Crippen LogP contribution < -0.4 is 0 Å². The fourth-order valence-corrected chi connectivity index (χ4v) is 4.86. The van der Waals surface area contributed by atoms with E-state index in [2.05, 4.69) is 44.0 Å². The van der Waals surface area contributed by atoms with Crippen molar-refractivity contribution in [3.63, 3.8) is 0 Å². The summed E-state index contributed by atoms with van der Waals surface area (Å²) in [7, 11) is 0. The van der Waals surface area contributed by atoms with Crippen LogP contribution in [-0.2, 0) is 0 Å². The van der Waals surface area contributed by atoms with E-state index >= 15 is 0 Å². The molecule has 1 fully saturated rings. The van der Waals surface area contributed by atoms with Gasteiger partial charge in [-0.05, 0) is 53.9 Å². The summed E-state index contributed by atoms with van der Waals surface area (Å²) in [5, 5.41) is 0. The molecule has 23 heavy (non-hydrogen) atoms. The predicted octanol–water partition coefficient (Wildman–Crippen LogP) is 5.56. The Morgan fingerprint density at radius 2 is 2.00 bits per heavy atom. The van der Waals surface area contributed by atoms with Gasteiger partial charge in [0.25, 0.3) is 0 Å². The molecule has 1 saturated carbocycles. The van der Waals surface area contributed by atoms with Gasteiger partial charge in [0.05, 0.1) is 11.4 Å². The first kappa shape index (κ1) is 14.9. The Kier molecular flexibility index (Phi) is 3.51. The fraction of sp³-hybridized carbons (Fsp3) is 0.524. The summed E-state index contributed by atoms with van der Waals surface area (Å²) in [5.41, 5.74) is 5.35. The molecule has 3 aliphatic carbocycles. The second-order valence-electron chi connectivity index (χ2n) is 7.85. The van der Waals surface area contributed by atoms with Crippen molar-refractivity contribution in [2.45, 2.75) is 58.3 Å². The molecule has 5 rings (SSSR count). The van der Waals surface area contributed by atoms with Gasteiger partial charge in [-0.3, -0.25) is 9.97 Å². The lowest BCUT2D eigenvalue weighted by Crippen LogP contribution is -2.50. The average molecular weight is 306 g/mol. The zero-order chi connectivity index (χ0) is 16.0. The van der Waals surface area contributed by atoms with E-state index in [1.807, 2.05) is 18.3 Å². The van der Waals surface area contributed by atoms with E-state index in [9.17, 15) is 0 Å². The molecule has 0 aromatic carbocycles. The molecule has 0 N–H and O–H groups in total. The molecule has 0 aliphatic heterocycles. The van der Waals surface area contributed by atoms with Crippen LogP contribution in [0.2, 0.25) is 0 Å². The van der Waals surface area contributed by atoms with Gasteiger partial charge in [0, 0.05) is 17.8 Å². The maximum atomic E-state index is 5.10. The van der Waals surface area contributed by atoms with Crippen molar-refractivity contribution >= 4 is 0 Å². The summed E-state index contributed by atoms with van der Waals surface area (Å²) in [5.74, 6) is 2.14. The lowest BCUT2D eigenvalue weighted by atomic mass is 9.44. The van der Waals surface area contributed by atoms with Crippen molar-refractivity contribution in [3.05, 3.63) is 47.8 Å². The molecule has 0 unspecified atom stereocenters. The van der Waals surface area contributed by atoms with Gasteiger partial charge in [-0.25, -0.2) is 0 Å². The van der Waals surface area contributed by atoms with E-state index in [1.54, 1.807) is 0 Å². The number of hydrogen-bond donors (Lipinski definition) is 0. The van der Waals surface area contributed by atoms with Gasteiger partial charge in [-0.2, -0.15) is 0 Å². The number of nitrogens with zero attached hydrogens (tertiary/aromatic N) is 2. The molecule has 3 aliphatic rings. The number of pyridine rings is 2. The minimum atomic E-state index is 0.444. The molecule has 2 aromatic heterocycles. The topological polar surface area (TPSA) is 25.8 Å².